The second-order valence-corrected chi connectivity index (χ2v) is 5.10. The van der Waals surface area contributed by atoms with E-state index in [1.165, 1.54) is 0 Å². The summed E-state index contributed by atoms with van der Waals surface area (Å²) >= 11 is 0. The van der Waals surface area contributed by atoms with Crippen molar-refractivity contribution < 1.29 is 9.59 Å². The summed E-state index contributed by atoms with van der Waals surface area (Å²) in [4.78, 5) is 26.5. The molecule has 0 aliphatic carbocycles. The van der Waals surface area contributed by atoms with Crippen LogP contribution in [0.25, 0.3) is 0 Å². The maximum atomic E-state index is 11.6. The molecule has 1 N–H and O–H groups in total. The van der Waals surface area contributed by atoms with Crippen LogP contribution in [0.5, 0.6) is 0 Å². The first-order valence-electron chi connectivity index (χ1n) is 6.54. The van der Waals surface area contributed by atoms with E-state index >= 15 is 0 Å². The maximum absolute atomic E-state index is 11.6. The molecule has 5 heteroatoms. The molecule has 0 bridgehead atoms. The van der Waals surface area contributed by atoms with Crippen molar-refractivity contribution in [2.24, 2.45) is 0 Å². The van der Waals surface area contributed by atoms with E-state index < -0.39 is 0 Å². The van der Waals surface area contributed by atoms with Gasteiger partial charge in [0.2, 0.25) is 5.91 Å². The van der Waals surface area contributed by atoms with Gasteiger partial charge >= 0.3 is 0 Å². The number of hydrogen-bond acceptors (Lipinski definition) is 4. The minimum atomic E-state index is -0.151. The Balaban J connectivity index is 4.14. The maximum Gasteiger partial charge on any atom is 0.234 e. The number of amides is 1. The summed E-state index contributed by atoms with van der Waals surface area (Å²) in [6, 6.07) is -0.00247. The average Bonchev–Trinajstić information content (AvgIpc) is 2.24. The topological polar surface area (TPSA) is 52.7 Å². The predicted octanol–water partition coefficient (Wildman–Crippen LogP) is 0.352. The van der Waals surface area contributed by atoms with Crippen molar-refractivity contribution in [1.29, 1.82) is 0 Å². The van der Waals surface area contributed by atoms with Gasteiger partial charge in [-0.15, -0.1) is 0 Å². The Morgan fingerprint density at radius 1 is 1.33 bits per heavy atom. The van der Waals surface area contributed by atoms with Gasteiger partial charge < -0.3 is 10.1 Å². The Labute approximate surface area is 111 Å². The van der Waals surface area contributed by atoms with Crippen LogP contribution in [0.4, 0.5) is 0 Å². The number of aldehydes is 1. The van der Waals surface area contributed by atoms with Gasteiger partial charge in [-0.1, -0.05) is 6.92 Å². The molecule has 0 aromatic rings. The lowest BCUT2D eigenvalue weighted by molar-refractivity contribution is -0.123. The van der Waals surface area contributed by atoms with Crippen LogP contribution in [-0.2, 0) is 9.59 Å². The molecule has 0 aliphatic rings. The molecule has 0 spiro atoms. The molecule has 0 aromatic carbocycles. The van der Waals surface area contributed by atoms with E-state index in [-0.39, 0.29) is 18.0 Å². The summed E-state index contributed by atoms with van der Waals surface area (Å²) in [5.74, 6) is -0.00436. The third-order valence-corrected chi connectivity index (χ3v) is 2.66. The monoisotopic (exact) mass is 257 g/mol. The molecule has 1 unspecified atom stereocenters. The van der Waals surface area contributed by atoms with Crippen molar-refractivity contribution in [3.8, 4) is 0 Å². The van der Waals surface area contributed by atoms with Crippen molar-refractivity contribution in [3.05, 3.63) is 0 Å². The molecule has 106 valence electrons. The van der Waals surface area contributed by atoms with Gasteiger partial charge in [-0.25, -0.2) is 0 Å². The van der Waals surface area contributed by atoms with Crippen LogP contribution in [-0.4, -0.2) is 67.8 Å². The molecular formula is C13H27N3O2. The Kier molecular flexibility index (Phi) is 8.58. The first-order chi connectivity index (χ1) is 8.40. The fraction of sp³-hybridized carbons (Fsp3) is 0.846. The van der Waals surface area contributed by atoms with E-state index in [0.29, 0.717) is 13.1 Å². The van der Waals surface area contributed by atoms with E-state index in [1.807, 2.05) is 37.7 Å². The lowest BCUT2D eigenvalue weighted by Gasteiger charge is -2.27. The summed E-state index contributed by atoms with van der Waals surface area (Å²) in [5.41, 5.74) is 0. The van der Waals surface area contributed by atoms with Gasteiger partial charge in [-0.05, 0) is 40.9 Å². The molecule has 0 aliphatic heterocycles. The first-order valence-corrected chi connectivity index (χ1v) is 6.54. The third kappa shape index (κ3) is 7.40. The highest BCUT2D eigenvalue weighted by atomic mass is 16.2. The number of rotatable bonds is 9. The van der Waals surface area contributed by atoms with Crippen LogP contribution in [0.15, 0.2) is 0 Å². The Hall–Kier alpha value is -0.940. The standard InChI is InChI=1S/C13H27N3O2/c1-6-7-16(5)12(10-17)8-15(4)9-13(18)14-11(2)3/h10-12H,6-9H2,1-5H3,(H,14,18). The zero-order valence-electron chi connectivity index (χ0n) is 12.3. The number of carbonyl (C=O) groups excluding carboxylic acids is 2. The highest BCUT2D eigenvalue weighted by molar-refractivity contribution is 5.78. The van der Waals surface area contributed by atoms with Crippen molar-refractivity contribution in [2.75, 3.05) is 33.7 Å². The van der Waals surface area contributed by atoms with E-state index in [1.54, 1.807) is 0 Å². The molecule has 1 amide bonds. The van der Waals surface area contributed by atoms with E-state index in [0.717, 1.165) is 19.3 Å². The number of nitrogens with zero attached hydrogens (tertiary/aromatic N) is 2. The van der Waals surface area contributed by atoms with Crippen molar-refractivity contribution in [1.82, 2.24) is 15.1 Å². The third-order valence-electron chi connectivity index (χ3n) is 2.66. The molecule has 0 fully saturated rings. The Morgan fingerprint density at radius 3 is 2.39 bits per heavy atom. The van der Waals surface area contributed by atoms with Crippen molar-refractivity contribution >= 4 is 12.2 Å². The van der Waals surface area contributed by atoms with Crippen molar-refractivity contribution in [2.45, 2.75) is 39.3 Å². The predicted molar refractivity (Wildman–Crippen MR) is 73.5 cm³/mol. The highest BCUT2D eigenvalue weighted by Crippen LogP contribution is 1.98. The van der Waals surface area contributed by atoms with Gasteiger partial charge in [-0.3, -0.25) is 14.6 Å². The second-order valence-electron chi connectivity index (χ2n) is 5.10. The number of carbonyl (C=O) groups is 2. The number of hydrogen-bond donors (Lipinski definition) is 1. The minimum absolute atomic E-state index is 0.00436. The normalized spacial score (nSPS) is 13.1. The second kappa shape index (κ2) is 9.05. The van der Waals surface area contributed by atoms with E-state index in [9.17, 15) is 9.59 Å². The van der Waals surface area contributed by atoms with Crippen LogP contribution >= 0.6 is 0 Å². The average molecular weight is 257 g/mol. The minimum Gasteiger partial charge on any atom is -0.353 e. The molecule has 1 atom stereocenters. The fourth-order valence-corrected chi connectivity index (χ4v) is 1.80. The highest BCUT2D eigenvalue weighted by Gasteiger charge is 2.17. The number of likely N-dealkylation sites (N-methyl/N-ethyl adjacent to an activating group) is 2. The molecule has 0 heterocycles. The summed E-state index contributed by atoms with van der Waals surface area (Å²) in [6.45, 7) is 7.73. The summed E-state index contributed by atoms with van der Waals surface area (Å²) < 4.78 is 0. The lowest BCUT2D eigenvalue weighted by atomic mass is 10.2. The summed E-state index contributed by atoms with van der Waals surface area (Å²) in [5, 5.41) is 2.84. The van der Waals surface area contributed by atoms with E-state index in [2.05, 4.69) is 12.2 Å². The number of nitrogens with one attached hydrogen (secondary N) is 1. The van der Waals surface area contributed by atoms with E-state index in [4.69, 9.17) is 0 Å². The molecule has 18 heavy (non-hydrogen) atoms. The molecule has 0 saturated heterocycles. The smallest absolute Gasteiger partial charge is 0.234 e. The fourth-order valence-electron chi connectivity index (χ4n) is 1.80. The van der Waals surface area contributed by atoms with Crippen LogP contribution in [0.1, 0.15) is 27.2 Å². The quantitative estimate of drug-likeness (QED) is 0.606. The molecule has 0 saturated carbocycles. The lowest BCUT2D eigenvalue weighted by Crippen LogP contribution is -2.46. The summed E-state index contributed by atoms with van der Waals surface area (Å²) in [6.07, 6.45) is 1.96. The van der Waals surface area contributed by atoms with Crippen LogP contribution < -0.4 is 5.32 Å². The van der Waals surface area contributed by atoms with Crippen LogP contribution in [0, 0.1) is 0 Å². The first kappa shape index (κ1) is 17.1. The summed E-state index contributed by atoms with van der Waals surface area (Å²) in [7, 11) is 3.79. The molecule has 5 nitrogen and oxygen atoms in total. The van der Waals surface area contributed by atoms with Gasteiger partial charge in [0, 0.05) is 12.6 Å². The Bertz CT molecular complexity index is 257. The molecule has 0 rings (SSSR count). The molecular weight excluding hydrogens is 230 g/mol. The van der Waals surface area contributed by atoms with Gasteiger partial charge in [0.15, 0.2) is 0 Å². The van der Waals surface area contributed by atoms with Gasteiger partial charge in [0.1, 0.15) is 6.29 Å². The molecule has 0 aromatic heterocycles. The van der Waals surface area contributed by atoms with Gasteiger partial charge in [-0.2, -0.15) is 0 Å². The SMILES string of the molecule is CCCN(C)C(C=O)CN(C)CC(=O)NC(C)C. The largest absolute Gasteiger partial charge is 0.353 e. The zero-order valence-corrected chi connectivity index (χ0v) is 12.3. The van der Waals surface area contributed by atoms with Crippen LogP contribution in [0.2, 0.25) is 0 Å². The van der Waals surface area contributed by atoms with Crippen molar-refractivity contribution in [3.63, 3.8) is 0 Å². The molecule has 0 radical (unpaired) electrons. The van der Waals surface area contributed by atoms with Crippen LogP contribution in [0.3, 0.4) is 0 Å². The van der Waals surface area contributed by atoms with Gasteiger partial charge in [0.25, 0.3) is 0 Å². The van der Waals surface area contributed by atoms with Gasteiger partial charge in [0.05, 0.1) is 12.6 Å². The zero-order chi connectivity index (χ0) is 14.1. The Morgan fingerprint density at radius 2 is 1.94 bits per heavy atom.